The van der Waals surface area contributed by atoms with Gasteiger partial charge in [-0.05, 0) is 33.5 Å². The average molecular weight is 292 g/mol. The number of pyridine rings is 1. The van der Waals surface area contributed by atoms with E-state index in [0.717, 1.165) is 22.0 Å². The molecular formula is C14H14BrNO. The second-order valence-electron chi connectivity index (χ2n) is 3.76. The number of hydrogen-bond acceptors (Lipinski definition) is 2. The first-order chi connectivity index (χ1) is 8.24. The van der Waals surface area contributed by atoms with Gasteiger partial charge in [-0.3, -0.25) is 0 Å². The molecule has 1 aromatic heterocycles. The first-order valence-corrected chi connectivity index (χ1v) is 6.32. The topological polar surface area (TPSA) is 22.1 Å². The first kappa shape index (κ1) is 12.1. The molecule has 88 valence electrons. The zero-order valence-electron chi connectivity index (χ0n) is 9.90. The fourth-order valence-electron chi connectivity index (χ4n) is 1.67. The van der Waals surface area contributed by atoms with E-state index in [1.54, 1.807) is 13.3 Å². The van der Waals surface area contributed by atoms with E-state index >= 15 is 0 Å². The molecule has 2 aromatic rings. The maximum absolute atomic E-state index is 5.14. The van der Waals surface area contributed by atoms with Crippen LogP contribution in [0.25, 0.3) is 11.1 Å². The highest BCUT2D eigenvalue weighted by Crippen LogP contribution is 2.30. The molecule has 0 atom stereocenters. The van der Waals surface area contributed by atoms with Crippen molar-refractivity contribution in [2.45, 2.75) is 13.3 Å². The molecule has 0 amide bonds. The largest absolute Gasteiger partial charge is 0.481 e. The van der Waals surface area contributed by atoms with Gasteiger partial charge in [0, 0.05) is 22.3 Å². The molecule has 0 spiro atoms. The second kappa shape index (κ2) is 5.32. The quantitative estimate of drug-likeness (QED) is 0.850. The van der Waals surface area contributed by atoms with Crippen molar-refractivity contribution in [3.05, 3.63) is 46.6 Å². The van der Waals surface area contributed by atoms with Gasteiger partial charge in [-0.2, -0.15) is 0 Å². The second-order valence-corrected chi connectivity index (χ2v) is 4.61. The molecule has 0 saturated heterocycles. The van der Waals surface area contributed by atoms with E-state index in [0.29, 0.717) is 5.88 Å². The Bertz CT molecular complexity index is 508. The van der Waals surface area contributed by atoms with Crippen LogP contribution >= 0.6 is 15.9 Å². The molecule has 0 N–H and O–H groups in total. The summed E-state index contributed by atoms with van der Waals surface area (Å²) in [7, 11) is 1.63. The van der Waals surface area contributed by atoms with Crippen LogP contribution in [-0.2, 0) is 6.42 Å². The number of ether oxygens (including phenoxy) is 1. The third kappa shape index (κ3) is 2.67. The minimum absolute atomic E-state index is 0.628. The maximum atomic E-state index is 5.14. The summed E-state index contributed by atoms with van der Waals surface area (Å²) < 4.78 is 6.12. The van der Waals surface area contributed by atoms with Gasteiger partial charge in [0.25, 0.3) is 0 Å². The fourth-order valence-corrected chi connectivity index (χ4v) is 2.12. The van der Waals surface area contributed by atoms with Gasteiger partial charge >= 0.3 is 0 Å². The molecule has 1 aromatic carbocycles. The Morgan fingerprint density at radius 1 is 1.24 bits per heavy atom. The molecule has 0 unspecified atom stereocenters. The van der Waals surface area contributed by atoms with Gasteiger partial charge in [0.15, 0.2) is 0 Å². The molecule has 0 aliphatic carbocycles. The lowest BCUT2D eigenvalue weighted by Crippen LogP contribution is -1.89. The Labute approximate surface area is 110 Å². The van der Waals surface area contributed by atoms with Crippen LogP contribution in [-0.4, -0.2) is 12.1 Å². The number of methoxy groups -OCH3 is 1. The van der Waals surface area contributed by atoms with E-state index in [1.165, 1.54) is 5.56 Å². The summed E-state index contributed by atoms with van der Waals surface area (Å²) in [6.07, 6.45) is 2.82. The molecule has 0 saturated carbocycles. The SMILES string of the molecule is CCc1ccc(-c2cc(OC)ncc2Br)cc1. The van der Waals surface area contributed by atoms with Crippen LogP contribution in [0.3, 0.4) is 0 Å². The summed E-state index contributed by atoms with van der Waals surface area (Å²) in [6.45, 7) is 2.15. The molecule has 2 rings (SSSR count). The molecular weight excluding hydrogens is 278 g/mol. The summed E-state index contributed by atoms with van der Waals surface area (Å²) >= 11 is 3.51. The van der Waals surface area contributed by atoms with Crippen molar-refractivity contribution in [3.63, 3.8) is 0 Å². The summed E-state index contributed by atoms with van der Waals surface area (Å²) in [5.74, 6) is 0.628. The number of hydrogen-bond donors (Lipinski definition) is 0. The first-order valence-electron chi connectivity index (χ1n) is 5.53. The molecule has 0 aliphatic rings. The minimum Gasteiger partial charge on any atom is -0.481 e. The fraction of sp³-hybridized carbons (Fsp3) is 0.214. The molecule has 3 heteroatoms. The third-order valence-corrected chi connectivity index (χ3v) is 3.34. The lowest BCUT2D eigenvalue weighted by Gasteiger charge is -2.07. The normalized spacial score (nSPS) is 10.3. The lowest BCUT2D eigenvalue weighted by molar-refractivity contribution is 0.398. The number of aromatic nitrogens is 1. The number of nitrogens with zero attached hydrogens (tertiary/aromatic N) is 1. The molecule has 0 aliphatic heterocycles. The predicted octanol–water partition coefficient (Wildman–Crippen LogP) is 4.08. The average Bonchev–Trinajstić information content (AvgIpc) is 2.39. The van der Waals surface area contributed by atoms with Crippen molar-refractivity contribution >= 4 is 15.9 Å². The van der Waals surface area contributed by atoms with E-state index in [4.69, 9.17) is 4.74 Å². The van der Waals surface area contributed by atoms with Gasteiger partial charge < -0.3 is 4.74 Å². The van der Waals surface area contributed by atoms with Crippen molar-refractivity contribution < 1.29 is 4.74 Å². The van der Waals surface area contributed by atoms with Crippen molar-refractivity contribution in [3.8, 4) is 17.0 Å². The van der Waals surface area contributed by atoms with Gasteiger partial charge in [-0.15, -0.1) is 0 Å². The monoisotopic (exact) mass is 291 g/mol. The Morgan fingerprint density at radius 2 is 1.94 bits per heavy atom. The molecule has 0 radical (unpaired) electrons. The zero-order chi connectivity index (χ0) is 12.3. The summed E-state index contributed by atoms with van der Waals surface area (Å²) in [5.41, 5.74) is 3.60. The number of rotatable bonds is 3. The number of aryl methyl sites for hydroxylation is 1. The Kier molecular flexibility index (Phi) is 3.79. The van der Waals surface area contributed by atoms with Crippen molar-refractivity contribution in [1.29, 1.82) is 0 Å². The molecule has 17 heavy (non-hydrogen) atoms. The summed E-state index contributed by atoms with van der Waals surface area (Å²) in [4.78, 5) is 4.15. The van der Waals surface area contributed by atoms with E-state index in [-0.39, 0.29) is 0 Å². The van der Waals surface area contributed by atoms with Crippen LogP contribution < -0.4 is 4.74 Å². The smallest absolute Gasteiger partial charge is 0.213 e. The van der Waals surface area contributed by atoms with Crippen LogP contribution in [0.1, 0.15) is 12.5 Å². The highest BCUT2D eigenvalue weighted by atomic mass is 79.9. The van der Waals surface area contributed by atoms with Crippen LogP contribution in [0.15, 0.2) is 41.0 Å². The Balaban J connectivity index is 2.43. The van der Waals surface area contributed by atoms with Crippen molar-refractivity contribution in [2.24, 2.45) is 0 Å². The van der Waals surface area contributed by atoms with Crippen LogP contribution in [0.4, 0.5) is 0 Å². The lowest BCUT2D eigenvalue weighted by atomic mass is 10.0. The van der Waals surface area contributed by atoms with Crippen LogP contribution in [0.2, 0.25) is 0 Å². The number of benzene rings is 1. The van der Waals surface area contributed by atoms with Crippen LogP contribution in [0.5, 0.6) is 5.88 Å². The van der Waals surface area contributed by atoms with Crippen molar-refractivity contribution in [1.82, 2.24) is 4.98 Å². The maximum Gasteiger partial charge on any atom is 0.213 e. The van der Waals surface area contributed by atoms with Crippen molar-refractivity contribution in [2.75, 3.05) is 7.11 Å². The zero-order valence-corrected chi connectivity index (χ0v) is 11.5. The minimum atomic E-state index is 0.628. The van der Waals surface area contributed by atoms with Gasteiger partial charge in [0.1, 0.15) is 0 Å². The van der Waals surface area contributed by atoms with E-state index in [9.17, 15) is 0 Å². The third-order valence-electron chi connectivity index (χ3n) is 2.71. The summed E-state index contributed by atoms with van der Waals surface area (Å²) in [5, 5.41) is 0. The molecule has 0 bridgehead atoms. The van der Waals surface area contributed by atoms with E-state index < -0.39 is 0 Å². The van der Waals surface area contributed by atoms with E-state index in [2.05, 4.69) is 52.1 Å². The van der Waals surface area contributed by atoms with Gasteiger partial charge in [-0.1, -0.05) is 31.2 Å². The number of halogens is 1. The summed E-state index contributed by atoms with van der Waals surface area (Å²) in [6, 6.07) is 10.5. The molecule has 2 nitrogen and oxygen atoms in total. The Hall–Kier alpha value is -1.35. The molecule has 0 fully saturated rings. The highest BCUT2D eigenvalue weighted by Gasteiger charge is 2.05. The van der Waals surface area contributed by atoms with Gasteiger partial charge in [0.2, 0.25) is 5.88 Å². The van der Waals surface area contributed by atoms with Gasteiger partial charge in [-0.25, -0.2) is 4.98 Å². The standard InChI is InChI=1S/C14H14BrNO/c1-3-10-4-6-11(7-5-10)12-8-14(17-2)16-9-13(12)15/h4-9H,3H2,1-2H3. The highest BCUT2D eigenvalue weighted by molar-refractivity contribution is 9.10. The van der Waals surface area contributed by atoms with Gasteiger partial charge in [0.05, 0.1) is 7.11 Å². The van der Waals surface area contributed by atoms with Crippen LogP contribution in [0, 0.1) is 0 Å². The van der Waals surface area contributed by atoms with E-state index in [1.807, 2.05) is 6.07 Å². The molecule has 1 heterocycles. The predicted molar refractivity (Wildman–Crippen MR) is 73.3 cm³/mol. The Morgan fingerprint density at radius 3 is 2.53 bits per heavy atom.